The highest BCUT2D eigenvalue weighted by Gasteiger charge is 2.28. The van der Waals surface area contributed by atoms with Crippen molar-refractivity contribution < 1.29 is 4.79 Å². The summed E-state index contributed by atoms with van der Waals surface area (Å²) in [4.78, 5) is 18.4. The maximum absolute atomic E-state index is 12.1. The van der Waals surface area contributed by atoms with Crippen LogP contribution in [0.3, 0.4) is 0 Å². The van der Waals surface area contributed by atoms with Gasteiger partial charge in [0.05, 0.1) is 0 Å². The number of carbonyl (C=O) groups excluding carboxylic acids is 1. The Kier molecular flexibility index (Phi) is 4.96. The molecule has 21 heavy (non-hydrogen) atoms. The molecule has 0 radical (unpaired) electrons. The van der Waals surface area contributed by atoms with Crippen molar-refractivity contribution in [2.24, 2.45) is 0 Å². The highest BCUT2D eigenvalue weighted by Crippen LogP contribution is 2.28. The van der Waals surface area contributed by atoms with Crippen molar-refractivity contribution in [1.29, 1.82) is 0 Å². The Morgan fingerprint density at radius 3 is 2.90 bits per heavy atom. The van der Waals surface area contributed by atoms with Crippen LogP contribution < -0.4 is 0 Å². The fourth-order valence-electron chi connectivity index (χ4n) is 3.55. The summed E-state index contributed by atoms with van der Waals surface area (Å²) in [5.41, 5.74) is 1.53. The van der Waals surface area contributed by atoms with Gasteiger partial charge in [0, 0.05) is 43.5 Å². The Morgan fingerprint density at radius 2 is 2.14 bits per heavy atom. The molecule has 1 saturated heterocycles. The summed E-state index contributed by atoms with van der Waals surface area (Å²) >= 11 is 1.91. The van der Waals surface area contributed by atoms with Gasteiger partial charge < -0.3 is 4.90 Å². The van der Waals surface area contributed by atoms with Crippen molar-refractivity contribution in [3.05, 3.63) is 21.9 Å². The number of rotatable bonds is 4. The molecule has 0 unspecified atom stereocenters. The molecule has 1 aromatic heterocycles. The Labute approximate surface area is 131 Å². The van der Waals surface area contributed by atoms with Gasteiger partial charge in [-0.15, -0.1) is 11.3 Å². The van der Waals surface area contributed by atoms with Crippen molar-refractivity contribution in [2.75, 3.05) is 19.6 Å². The molecule has 0 bridgehead atoms. The van der Waals surface area contributed by atoms with Gasteiger partial charge in [-0.2, -0.15) is 0 Å². The topological polar surface area (TPSA) is 23.6 Å². The number of unbranched alkanes of at least 4 members (excludes halogenated alkanes) is 1. The third kappa shape index (κ3) is 3.49. The second kappa shape index (κ2) is 6.93. The molecule has 0 aromatic carbocycles. The quantitative estimate of drug-likeness (QED) is 0.852. The molecule has 1 amide bonds. The van der Waals surface area contributed by atoms with E-state index in [1.54, 1.807) is 4.88 Å². The van der Waals surface area contributed by atoms with E-state index in [1.807, 2.05) is 11.3 Å². The number of hydrogen-bond donors (Lipinski definition) is 0. The number of hydrogen-bond acceptors (Lipinski definition) is 3. The summed E-state index contributed by atoms with van der Waals surface area (Å²) in [5, 5.41) is 2.23. The van der Waals surface area contributed by atoms with Crippen LogP contribution >= 0.6 is 11.3 Å². The van der Waals surface area contributed by atoms with Gasteiger partial charge in [0.1, 0.15) is 0 Å². The molecule has 3 rings (SSSR count). The molecule has 0 aliphatic carbocycles. The monoisotopic (exact) mass is 306 g/mol. The minimum atomic E-state index is 0.370. The van der Waals surface area contributed by atoms with Crippen LogP contribution in [0.4, 0.5) is 0 Å². The molecular weight excluding hydrogens is 280 g/mol. The summed E-state index contributed by atoms with van der Waals surface area (Å²) in [6, 6.07) is 2.96. The molecule has 0 spiro atoms. The van der Waals surface area contributed by atoms with Gasteiger partial charge in [0.25, 0.3) is 0 Å². The number of thiophene rings is 1. The summed E-state index contributed by atoms with van der Waals surface area (Å²) in [6.45, 7) is 6.38. The predicted molar refractivity (Wildman–Crippen MR) is 87.6 cm³/mol. The second-order valence-corrected chi connectivity index (χ2v) is 7.31. The number of fused-ring (bicyclic) bond motifs is 1. The van der Waals surface area contributed by atoms with Crippen LogP contribution in [0.1, 0.15) is 49.5 Å². The maximum Gasteiger partial charge on any atom is 0.222 e. The average molecular weight is 306 g/mol. The van der Waals surface area contributed by atoms with Gasteiger partial charge in [0.15, 0.2) is 0 Å². The van der Waals surface area contributed by atoms with Crippen LogP contribution in [0.2, 0.25) is 0 Å². The van der Waals surface area contributed by atoms with E-state index in [1.165, 1.54) is 18.5 Å². The molecule has 1 aromatic rings. The lowest BCUT2D eigenvalue weighted by atomic mass is 9.99. The molecule has 2 aliphatic rings. The zero-order valence-corrected chi connectivity index (χ0v) is 13.8. The van der Waals surface area contributed by atoms with Crippen molar-refractivity contribution in [3.8, 4) is 0 Å². The number of nitrogens with zero attached hydrogens (tertiary/aromatic N) is 2. The zero-order valence-electron chi connectivity index (χ0n) is 13.0. The Bertz CT molecular complexity index is 477. The maximum atomic E-state index is 12.1. The first-order valence-electron chi connectivity index (χ1n) is 8.35. The Hall–Kier alpha value is -0.870. The highest BCUT2D eigenvalue weighted by molar-refractivity contribution is 7.10. The summed E-state index contributed by atoms with van der Waals surface area (Å²) in [6.07, 6.45) is 6.39. The minimum absolute atomic E-state index is 0.370. The molecule has 2 aliphatic heterocycles. The van der Waals surface area contributed by atoms with Crippen LogP contribution in [-0.4, -0.2) is 41.4 Å². The van der Waals surface area contributed by atoms with E-state index in [9.17, 15) is 4.79 Å². The van der Waals surface area contributed by atoms with Crippen LogP contribution in [0.25, 0.3) is 0 Å². The summed E-state index contributed by atoms with van der Waals surface area (Å²) in [5.74, 6) is 0.370. The first-order valence-corrected chi connectivity index (χ1v) is 9.23. The van der Waals surface area contributed by atoms with Crippen LogP contribution in [-0.2, 0) is 17.8 Å². The summed E-state index contributed by atoms with van der Waals surface area (Å²) < 4.78 is 0. The van der Waals surface area contributed by atoms with Crippen molar-refractivity contribution in [2.45, 2.75) is 58.0 Å². The molecule has 116 valence electrons. The lowest BCUT2D eigenvalue weighted by Gasteiger charge is -2.40. The zero-order chi connectivity index (χ0) is 14.7. The molecule has 0 saturated carbocycles. The second-order valence-electron chi connectivity index (χ2n) is 6.31. The smallest absolute Gasteiger partial charge is 0.222 e. The van der Waals surface area contributed by atoms with E-state index in [2.05, 4.69) is 28.2 Å². The van der Waals surface area contributed by atoms with E-state index >= 15 is 0 Å². The fourth-order valence-corrected chi connectivity index (χ4v) is 4.44. The third-order valence-corrected chi connectivity index (χ3v) is 5.94. The highest BCUT2D eigenvalue weighted by atomic mass is 32.1. The standard InChI is InChI=1S/C17H26N2OS/c1-2-3-4-17(20)18-9-5-15(6-10-18)19-11-7-16-14(13-19)8-12-21-16/h8,12,15H,2-7,9-11,13H2,1H3. The molecule has 0 atom stereocenters. The fraction of sp³-hybridized carbons (Fsp3) is 0.706. The van der Waals surface area contributed by atoms with Gasteiger partial charge in [0.2, 0.25) is 5.91 Å². The molecule has 1 fully saturated rings. The predicted octanol–water partition coefficient (Wildman–Crippen LogP) is 3.29. The minimum Gasteiger partial charge on any atom is -0.343 e. The van der Waals surface area contributed by atoms with Crippen molar-refractivity contribution in [3.63, 3.8) is 0 Å². The largest absolute Gasteiger partial charge is 0.343 e. The third-order valence-electron chi connectivity index (χ3n) is 4.91. The average Bonchev–Trinajstić information content (AvgIpc) is 3.00. The lowest BCUT2D eigenvalue weighted by molar-refractivity contribution is -0.132. The molecular formula is C17H26N2OS. The molecule has 3 heterocycles. The van der Waals surface area contributed by atoms with Gasteiger partial charge in [-0.25, -0.2) is 0 Å². The number of amides is 1. The SMILES string of the molecule is CCCCC(=O)N1CCC(N2CCc3sccc3C2)CC1. The number of piperidine rings is 1. The first-order chi connectivity index (χ1) is 10.3. The van der Waals surface area contributed by atoms with Gasteiger partial charge in [-0.3, -0.25) is 9.69 Å². The Morgan fingerprint density at radius 1 is 1.33 bits per heavy atom. The number of likely N-dealkylation sites (tertiary alicyclic amines) is 1. The number of carbonyl (C=O) groups is 1. The van der Waals surface area contributed by atoms with E-state index in [0.29, 0.717) is 11.9 Å². The van der Waals surface area contributed by atoms with Crippen LogP contribution in [0.15, 0.2) is 11.4 Å². The van der Waals surface area contributed by atoms with Gasteiger partial charge >= 0.3 is 0 Å². The van der Waals surface area contributed by atoms with E-state index in [0.717, 1.165) is 51.7 Å². The van der Waals surface area contributed by atoms with Gasteiger partial charge in [-0.05, 0) is 42.7 Å². The van der Waals surface area contributed by atoms with Crippen LogP contribution in [0, 0.1) is 0 Å². The molecule has 4 heteroatoms. The lowest BCUT2D eigenvalue weighted by Crippen LogP contribution is -2.47. The van der Waals surface area contributed by atoms with Gasteiger partial charge in [-0.1, -0.05) is 13.3 Å². The van der Waals surface area contributed by atoms with E-state index < -0.39 is 0 Å². The van der Waals surface area contributed by atoms with Crippen molar-refractivity contribution >= 4 is 17.2 Å². The molecule has 0 N–H and O–H groups in total. The Balaban J connectivity index is 1.49. The van der Waals surface area contributed by atoms with Crippen molar-refractivity contribution in [1.82, 2.24) is 9.80 Å². The first kappa shape index (κ1) is 15.0. The normalized spacial score (nSPS) is 20.5. The van der Waals surface area contributed by atoms with Crippen LogP contribution in [0.5, 0.6) is 0 Å². The summed E-state index contributed by atoms with van der Waals surface area (Å²) in [7, 11) is 0. The van der Waals surface area contributed by atoms with E-state index in [-0.39, 0.29) is 0 Å². The van der Waals surface area contributed by atoms with E-state index in [4.69, 9.17) is 0 Å². The molecule has 3 nitrogen and oxygen atoms in total.